The van der Waals surface area contributed by atoms with Crippen molar-refractivity contribution in [2.75, 3.05) is 13.2 Å². The predicted octanol–water partition coefficient (Wildman–Crippen LogP) is 2.23. The summed E-state index contributed by atoms with van der Waals surface area (Å²) in [5, 5.41) is 9.70. The third-order valence-corrected chi connectivity index (χ3v) is 4.81. The highest BCUT2D eigenvalue weighted by molar-refractivity contribution is 5.20. The molecule has 0 spiro atoms. The highest BCUT2D eigenvalue weighted by atomic mass is 16.5. The summed E-state index contributed by atoms with van der Waals surface area (Å²) in [4.78, 5) is 0. The van der Waals surface area contributed by atoms with Gasteiger partial charge in [0.2, 0.25) is 0 Å². The van der Waals surface area contributed by atoms with Crippen LogP contribution in [0, 0.1) is 23.2 Å². The summed E-state index contributed by atoms with van der Waals surface area (Å²) in [6.07, 6.45) is 2.63. The molecule has 2 rings (SSSR count). The van der Waals surface area contributed by atoms with Crippen molar-refractivity contribution in [3.63, 3.8) is 0 Å². The average Bonchev–Trinajstić information content (AvgIpc) is 2.17. The number of aliphatic hydroxyl groups excluding tert-OH is 1. The van der Waals surface area contributed by atoms with E-state index in [1.54, 1.807) is 0 Å². The minimum atomic E-state index is -0.0450. The third kappa shape index (κ3) is 1.38. The van der Waals surface area contributed by atoms with E-state index >= 15 is 0 Å². The highest BCUT2D eigenvalue weighted by Gasteiger charge is 2.51. The second-order valence-electron chi connectivity index (χ2n) is 5.42. The lowest BCUT2D eigenvalue weighted by Gasteiger charge is -2.54. The summed E-state index contributed by atoms with van der Waals surface area (Å²) in [6, 6.07) is 0. The topological polar surface area (TPSA) is 29.5 Å². The van der Waals surface area contributed by atoms with Crippen molar-refractivity contribution in [3.05, 3.63) is 11.6 Å². The summed E-state index contributed by atoms with van der Waals surface area (Å²) in [7, 11) is 0. The van der Waals surface area contributed by atoms with Gasteiger partial charge in [0.25, 0.3) is 0 Å². The Hall–Kier alpha value is -0.340. The van der Waals surface area contributed by atoms with E-state index in [0.29, 0.717) is 30.5 Å². The van der Waals surface area contributed by atoms with E-state index in [1.165, 1.54) is 5.57 Å². The number of rotatable bonds is 1. The van der Waals surface area contributed by atoms with Crippen molar-refractivity contribution in [2.24, 2.45) is 23.2 Å². The molecule has 2 bridgehead atoms. The highest BCUT2D eigenvalue weighted by Crippen LogP contribution is 2.51. The summed E-state index contributed by atoms with van der Waals surface area (Å²) >= 11 is 0. The van der Waals surface area contributed by atoms with Crippen molar-refractivity contribution in [2.45, 2.75) is 33.8 Å². The van der Waals surface area contributed by atoms with Gasteiger partial charge in [0.15, 0.2) is 0 Å². The Kier molecular flexibility index (Phi) is 2.68. The van der Waals surface area contributed by atoms with E-state index in [1.807, 2.05) is 0 Å². The summed E-state index contributed by atoms with van der Waals surface area (Å²) < 4.78 is 5.85. The average molecular weight is 210 g/mol. The molecule has 0 aromatic rings. The lowest BCUT2D eigenvalue weighted by Crippen LogP contribution is -2.55. The SMILES string of the molecule is CC1=C[C@H](C)[C@@]2(CO)CO[C@H](C)[C@@H]1[C@H]2C. The van der Waals surface area contributed by atoms with Gasteiger partial charge in [-0.1, -0.05) is 25.5 Å². The smallest absolute Gasteiger partial charge is 0.0615 e. The zero-order valence-electron chi connectivity index (χ0n) is 10.2. The van der Waals surface area contributed by atoms with Crippen LogP contribution in [0.5, 0.6) is 0 Å². The van der Waals surface area contributed by atoms with E-state index < -0.39 is 0 Å². The van der Waals surface area contributed by atoms with Crippen LogP contribution in [0.2, 0.25) is 0 Å². The number of hydrogen-bond donors (Lipinski definition) is 1. The van der Waals surface area contributed by atoms with Gasteiger partial charge in [0, 0.05) is 11.3 Å². The molecule has 0 aromatic heterocycles. The molecule has 1 heterocycles. The normalized spacial score (nSPS) is 50.1. The molecule has 0 amide bonds. The lowest BCUT2D eigenvalue weighted by molar-refractivity contribution is -0.157. The predicted molar refractivity (Wildman–Crippen MR) is 60.5 cm³/mol. The van der Waals surface area contributed by atoms with E-state index in [-0.39, 0.29) is 12.0 Å². The molecular weight excluding hydrogens is 188 g/mol. The maximum absolute atomic E-state index is 9.70. The molecule has 2 nitrogen and oxygen atoms in total. The molecule has 1 aliphatic heterocycles. The fraction of sp³-hybridized carbons (Fsp3) is 0.846. The molecule has 1 aliphatic carbocycles. The van der Waals surface area contributed by atoms with E-state index in [2.05, 4.69) is 33.8 Å². The van der Waals surface area contributed by atoms with Gasteiger partial charge in [-0.3, -0.25) is 0 Å². The molecule has 0 unspecified atom stereocenters. The minimum absolute atomic E-state index is 0.0450. The molecule has 2 heteroatoms. The Labute approximate surface area is 92.3 Å². The van der Waals surface area contributed by atoms with Gasteiger partial charge in [-0.15, -0.1) is 0 Å². The third-order valence-electron chi connectivity index (χ3n) is 4.81. The summed E-state index contributed by atoms with van der Waals surface area (Å²) in [5.74, 6) is 1.43. The van der Waals surface area contributed by atoms with Gasteiger partial charge in [0.1, 0.15) is 0 Å². The van der Waals surface area contributed by atoms with E-state index in [4.69, 9.17) is 4.74 Å². The van der Waals surface area contributed by atoms with Crippen LogP contribution in [0.4, 0.5) is 0 Å². The molecule has 1 N–H and O–H groups in total. The van der Waals surface area contributed by atoms with Gasteiger partial charge in [0.05, 0.1) is 19.3 Å². The Morgan fingerprint density at radius 3 is 2.73 bits per heavy atom. The van der Waals surface area contributed by atoms with Crippen LogP contribution in [-0.2, 0) is 4.74 Å². The fourth-order valence-corrected chi connectivity index (χ4v) is 3.60. The van der Waals surface area contributed by atoms with Gasteiger partial charge in [-0.25, -0.2) is 0 Å². The zero-order chi connectivity index (χ0) is 11.2. The monoisotopic (exact) mass is 210 g/mol. The van der Waals surface area contributed by atoms with Crippen LogP contribution in [-0.4, -0.2) is 24.4 Å². The number of hydrogen-bond acceptors (Lipinski definition) is 2. The second-order valence-corrected chi connectivity index (χ2v) is 5.42. The molecule has 1 fully saturated rings. The molecule has 5 atom stereocenters. The molecule has 0 radical (unpaired) electrons. The maximum atomic E-state index is 9.70. The first-order valence-electron chi connectivity index (χ1n) is 5.93. The van der Waals surface area contributed by atoms with Crippen LogP contribution in [0.3, 0.4) is 0 Å². The number of ether oxygens (including phenoxy) is 1. The Morgan fingerprint density at radius 1 is 1.47 bits per heavy atom. The molecule has 0 aromatic carbocycles. The second kappa shape index (κ2) is 3.60. The minimum Gasteiger partial charge on any atom is -0.396 e. The molecule has 86 valence electrons. The first kappa shape index (κ1) is 11.2. The van der Waals surface area contributed by atoms with Crippen LogP contribution in [0.1, 0.15) is 27.7 Å². The van der Waals surface area contributed by atoms with Crippen LogP contribution < -0.4 is 0 Å². The Morgan fingerprint density at radius 2 is 2.13 bits per heavy atom. The number of allylic oxidation sites excluding steroid dienone is 1. The lowest BCUT2D eigenvalue weighted by atomic mass is 9.56. The van der Waals surface area contributed by atoms with Crippen LogP contribution in [0.15, 0.2) is 11.6 Å². The van der Waals surface area contributed by atoms with Crippen LogP contribution in [0.25, 0.3) is 0 Å². The molecule has 1 saturated heterocycles. The van der Waals surface area contributed by atoms with Crippen LogP contribution >= 0.6 is 0 Å². The standard InChI is InChI=1S/C13H22O2/c1-8-5-9(2)13(6-14)7-15-11(4)12(8)10(13)3/h5,9-12,14H,6-7H2,1-4H3/t9-,10+,11+,12-,13+/m0/s1. The Balaban J connectivity index is 2.43. The fourth-order valence-electron chi connectivity index (χ4n) is 3.60. The summed E-state index contributed by atoms with van der Waals surface area (Å²) in [5.41, 5.74) is 1.39. The molecule has 2 aliphatic rings. The van der Waals surface area contributed by atoms with Gasteiger partial charge in [-0.05, 0) is 25.7 Å². The van der Waals surface area contributed by atoms with Gasteiger partial charge in [-0.2, -0.15) is 0 Å². The molecule has 15 heavy (non-hydrogen) atoms. The quantitative estimate of drug-likeness (QED) is 0.673. The number of aliphatic hydroxyl groups is 1. The zero-order valence-corrected chi connectivity index (χ0v) is 10.2. The van der Waals surface area contributed by atoms with Gasteiger partial charge >= 0.3 is 0 Å². The van der Waals surface area contributed by atoms with Crippen molar-refractivity contribution in [1.29, 1.82) is 0 Å². The molecular formula is C13H22O2. The van der Waals surface area contributed by atoms with Crippen molar-refractivity contribution >= 4 is 0 Å². The molecule has 0 saturated carbocycles. The van der Waals surface area contributed by atoms with E-state index in [9.17, 15) is 5.11 Å². The summed E-state index contributed by atoms with van der Waals surface area (Å²) in [6.45, 7) is 9.76. The maximum Gasteiger partial charge on any atom is 0.0615 e. The first-order chi connectivity index (χ1) is 7.03. The first-order valence-corrected chi connectivity index (χ1v) is 5.93. The van der Waals surface area contributed by atoms with Crippen molar-refractivity contribution in [1.82, 2.24) is 0 Å². The Bertz CT molecular complexity index is 284. The van der Waals surface area contributed by atoms with E-state index in [0.717, 1.165) is 0 Å². The van der Waals surface area contributed by atoms with Gasteiger partial charge < -0.3 is 9.84 Å². The van der Waals surface area contributed by atoms with Crippen molar-refractivity contribution < 1.29 is 9.84 Å². The number of fused-ring (bicyclic) bond motifs is 2. The van der Waals surface area contributed by atoms with Crippen molar-refractivity contribution in [3.8, 4) is 0 Å². The largest absolute Gasteiger partial charge is 0.396 e.